The van der Waals surface area contributed by atoms with Crippen LogP contribution in [0.3, 0.4) is 0 Å². The van der Waals surface area contributed by atoms with Crippen molar-refractivity contribution in [2.45, 2.75) is 6.42 Å². The molecule has 0 aliphatic heterocycles. The molecule has 0 bridgehead atoms. The Kier molecular flexibility index (Phi) is 14.7. The molecule has 0 aliphatic carbocycles. The molecule has 7 nitrogen and oxygen atoms in total. The van der Waals surface area contributed by atoms with Crippen LogP contribution >= 0.6 is 0 Å². The Morgan fingerprint density at radius 3 is 1.47 bits per heavy atom. The Morgan fingerprint density at radius 1 is 0.737 bits per heavy atom. The van der Waals surface area contributed by atoms with Crippen molar-refractivity contribution >= 4 is 5.91 Å². The molecule has 0 rings (SSSR count). The summed E-state index contributed by atoms with van der Waals surface area (Å²) < 4.78 is 25.7. The second-order valence-electron chi connectivity index (χ2n) is 3.66. The minimum Gasteiger partial charge on any atom is -0.382 e. The average Bonchev–Trinajstić information content (AvgIpc) is 2.39. The van der Waals surface area contributed by atoms with Crippen molar-refractivity contribution in [3.8, 4) is 0 Å². The van der Waals surface area contributed by atoms with Gasteiger partial charge < -0.3 is 29.4 Å². The van der Waals surface area contributed by atoms with E-state index < -0.39 is 0 Å². The fourth-order valence-electron chi connectivity index (χ4n) is 1.08. The van der Waals surface area contributed by atoms with Gasteiger partial charge in [0.1, 0.15) is 0 Å². The van der Waals surface area contributed by atoms with Crippen molar-refractivity contribution in [1.29, 1.82) is 0 Å². The quantitative estimate of drug-likeness (QED) is 0.409. The molecule has 0 aromatic rings. The number of amides is 1. The van der Waals surface area contributed by atoms with Crippen molar-refractivity contribution in [2.75, 3.05) is 66.6 Å². The Morgan fingerprint density at radius 2 is 1.11 bits per heavy atom. The molecule has 19 heavy (non-hydrogen) atoms. The number of rotatable bonds is 15. The van der Waals surface area contributed by atoms with Crippen LogP contribution in [0.5, 0.6) is 0 Å². The third-order valence-electron chi connectivity index (χ3n) is 2.04. The van der Waals surface area contributed by atoms with Gasteiger partial charge in [-0.15, -0.1) is 0 Å². The number of ether oxygens (including phenoxy) is 5. The molecule has 0 radical (unpaired) electrons. The largest absolute Gasteiger partial charge is 0.382 e. The molecule has 0 aromatic heterocycles. The van der Waals surface area contributed by atoms with E-state index in [0.717, 1.165) is 0 Å². The Hall–Kier alpha value is -0.730. The Bertz CT molecular complexity index is 203. The van der Waals surface area contributed by atoms with Gasteiger partial charge in [0.15, 0.2) is 0 Å². The van der Waals surface area contributed by atoms with Gasteiger partial charge >= 0.3 is 0 Å². The van der Waals surface area contributed by atoms with Crippen LogP contribution < -0.4 is 5.73 Å². The summed E-state index contributed by atoms with van der Waals surface area (Å²) in [4.78, 5) is 10.4. The first-order valence-electron chi connectivity index (χ1n) is 6.35. The highest BCUT2D eigenvalue weighted by Gasteiger charge is 1.95. The van der Waals surface area contributed by atoms with Gasteiger partial charge in [-0.25, -0.2) is 0 Å². The summed E-state index contributed by atoms with van der Waals surface area (Å²) in [6, 6.07) is 0. The number of hydrogen-bond acceptors (Lipinski definition) is 6. The maximum absolute atomic E-state index is 10.4. The molecular formula is C12H25NO6. The van der Waals surface area contributed by atoms with E-state index >= 15 is 0 Å². The minimum absolute atomic E-state index is 0.242. The summed E-state index contributed by atoms with van der Waals surface area (Å²) in [5, 5.41) is 0. The smallest absolute Gasteiger partial charge is 0.219 e. The average molecular weight is 279 g/mol. The van der Waals surface area contributed by atoms with Crippen LogP contribution in [0.1, 0.15) is 6.42 Å². The van der Waals surface area contributed by atoms with Crippen LogP contribution in [0.15, 0.2) is 0 Å². The van der Waals surface area contributed by atoms with Crippen LogP contribution in [-0.4, -0.2) is 72.5 Å². The predicted octanol–water partition coefficient (Wildman–Crippen LogP) is -0.425. The highest BCUT2D eigenvalue weighted by atomic mass is 16.6. The number of primary amides is 1. The van der Waals surface area contributed by atoms with Gasteiger partial charge in [0.25, 0.3) is 0 Å². The molecule has 0 saturated carbocycles. The molecule has 7 heteroatoms. The van der Waals surface area contributed by atoms with E-state index in [4.69, 9.17) is 29.4 Å². The second kappa shape index (κ2) is 15.3. The van der Waals surface area contributed by atoms with Crippen molar-refractivity contribution in [2.24, 2.45) is 5.73 Å². The highest BCUT2D eigenvalue weighted by Crippen LogP contribution is 1.84. The summed E-state index contributed by atoms with van der Waals surface area (Å²) in [5.74, 6) is -0.359. The number of nitrogens with two attached hydrogens (primary N) is 1. The lowest BCUT2D eigenvalue weighted by Gasteiger charge is -2.07. The molecule has 0 fully saturated rings. The normalized spacial score (nSPS) is 10.8. The van der Waals surface area contributed by atoms with Crippen LogP contribution in [0, 0.1) is 0 Å². The van der Waals surface area contributed by atoms with Gasteiger partial charge in [-0.1, -0.05) is 0 Å². The summed E-state index contributed by atoms with van der Waals surface area (Å²) >= 11 is 0. The number of hydrogen-bond donors (Lipinski definition) is 1. The summed E-state index contributed by atoms with van der Waals surface area (Å²) in [5.41, 5.74) is 4.96. The summed E-state index contributed by atoms with van der Waals surface area (Å²) in [7, 11) is 1.63. The fourth-order valence-corrected chi connectivity index (χ4v) is 1.08. The van der Waals surface area contributed by atoms with Crippen molar-refractivity contribution in [3.05, 3.63) is 0 Å². The summed E-state index contributed by atoms with van der Waals surface area (Å²) in [6.07, 6.45) is 0.242. The minimum atomic E-state index is -0.359. The zero-order chi connectivity index (χ0) is 14.2. The van der Waals surface area contributed by atoms with Crippen LogP contribution in [0.2, 0.25) is 0 Å². The van der Waals surface area contributed by atoms with Gasteiger partial charge in [-0.2, -0.15) is 0 Å². The van der Waals surface area contributed by atoms with Crippen LogP contribution in [-0.2, 0) is 28.5 Å². The maximum atomic E-state index is 10.4. The molecule has 0 aromatic carbocycles. The first kappa shape index (κ1) is 18.3. The molecule has 2 N–H and O–H groups in total. The topological polar surface area (TPSA) is 89.2 Å². The lowest BCUT2D eigenvalue weighted by molar-refractivity contribution is -0.119. The molecule has 1 amide bonds. The molecule has 0 aliphatic rings. The first-order chi connectivity index (χ1) is 9.27. The van der Waals surface area contributed by atoms with Crippen LogP contribution in [0.25, 0.3) is 0 Å². The van der Waals surface area contributed by atoms with E-state index in [0.29, 0.717) is 59.5 Å². The van der Waals surface area contributed by atoms with Gasteiger partial charge in [-0.05, 0) is 0 Å². The van der Waals surface area contributed by atoms with Crippen molar-refractivity contribution in [3.63, 3.8) is 0 Å². The zero-order valence-corrected chi connectivity index (χ0v) is 11.6. The predicted molar refractivity (Wildman–Crippen MR) is 69.0 cm³/mol. The molecule has 114 valence electrons. The lowest BCUT2D eigenvalue weighted by atomic mass is 10.4. The van der Waals surface area contributed by atoms with Gasteiger partial charge in [0, 0.05) is 13.5 Å². The lowest BCUT2D eigenvalue weighted by Crippen LogP contribution is -2.15. The third kappa shape index (κ3) is 17.3. The van der Waals surface area contributed by atoms with E-state index in [1.807, 2.05) is 0 Å². The van der Waals surface area contributed by atoms with Crippen LogP contribution in [0.4, 0.5) is 0 Å². The number of carbonyl (C=O) groups is 1. The van der Waals surface area contributed by atoms with E-state index in [-0.39, 0.29) is 12.3 Å². The Balaban J connectivity index is 2.93. The number of carbonyl (C=O) groups excluding carboxylic acids is 1. The zero-order valence-electron chi connectivity index (χ0n) is 11.6. The monoisotopic (exact) mass is 279 g/mol. The molecule has 0 atom stereocenters. The second-order valence-corrected chi connectivity index (χ2v) is 3.66. The van der Waals surface area contributed by atoms with Gasteiger partial charge in [-0.3, -0.25) is 4.79 Å². The van der Waals surface area contributed by atoms with E-state index in [1.165, 1.54) is 0 Å². The SMILES string of the molecule is COCCOCCOCCOCCOCCC(N)=O. The number of methoxy groups -OCH3 is 1. The van der Waals surface area contributed by atoms with E-state index in [2.05, 4.69) is 0 Å². The van der Waals surface area contributed by atoms with Gasteiger partial charge in [0.05, 0.1) is 59.5 Å². The molecule has 0 saturated heterocycles. The third-order valence-corrected chi connectivity index (χ3v) is 2.04. The van der Waals surface area contributed by atoms with E-state index in [9.17, 15) is 4.79 Å². The molecular weight excluding hydrogens is 254 g/mol. The summed E-state index contributed by atoms with van der Waals surface area (Å²) in [6.45, 7) is 4.58. The van der Waals surface area contributed by atoms with Gasteiger partial charge in [0.2, 0.25) is 5.91 Å². The van der Waals surface area contributed by atoms with Crippen molar-refractivity contribution < 1.29 is 28.5 Å². The van der Waals surface area contributed by atoms with Crippen molar-refractivity contribution in [1.82, 2.24) is 0 Å². The standard InChI is InChI=1S/C12H25NO6/c1-15-4-5-17-8-9-19-11-10-18-7-6-16-3-2-12(13)14/h2-11H2,1H3,(H2,13,14). The molecule has 0 unspecified atom stereocenters. The maximum Gasteiger partial charge on any atom is 0.219 e. The molecule has 0 spiro atoms. The first-order valence-corrected chi connectivity index (χ1v) is 6.35. The van der Waals surface area contributed by atoms with E-state index in [1.54, 1.807) is 7.11 Å². The fraction of sp³-hybridized carbons (Fsp3) is 0.917. The molecule has 0 heterocycles. The Labute approximate surface area is 114 Å². The highest BCUT2D eigenvalue weighted by molar-refractivity contribution is 5.73.